The van der Waals surface area contributed by atoms with Crippen molar-refractivity contribution >= 4 is 33.3 Å². The van der Waals surface area contributed by atoms with Crippen LogP contribution in [0.15, 0.2) is 0 Å². The molecule has 0 amide bonds. The topological polar surface area (TPSA) is 123 Å². The highest BCUT2D eigenvalue weighted by atomic mass is 32.4. The van der Waals surface area contributed by atoms with E-state index in [9.17, 15) is 19.4 Å². The fourth-order valence-electron chi connectivity index (χ4n) is 1.78. The third-order valence-corrected chi connectivity index (χ3v) is 4.60. The molecule has 0 bridgehead atoms. The number of ether oxygens (including phenoxy) is 1. The molecule has 1 saturated heterocycles. The number of rotatable bonds is 8. The standard InChI is InChI=1S/C8H14O8P2S/c9-1-2-14-18(12,13)4-5-6(3-10)15-8(7(5)11)16-17-19/h1,5-8,10-11H,2-4H2,(H,12,13). The minimum Gasteiger partial charge on any atom is -0.394 e. The van der Waals surface area contributed by atoms with Crippen LogP contribution >= 0.6 is 15.2 Å². The first kappa shape index (κ1) is 17.2. The van der Waals surface area contributed by atoms with Crippen LogP contribution in [0.1, 0.15) is 0 Å². The highest BCUT2D eigenvalue weighted by Gasteiger charge is 2.47. The quantitative estimate of drug-likeness (QED) is 0.396. The van der Waals surface area contributed by atoms with E-state index in [2.05, 4.69) is 16.3 Å². The summed E-state index contributed by atoms with van der Waals surface area (Å²) in [4.78, 5) is 19.6. The third kappa shape index (κ3) is 4.90. The van der Waals surface area contributed by atoms with Crippen molar-refractivity contribution in [3.63, 3.8) is 0 Å². The van der Waals surface area contributed by atoms with Crippen LogP contribution in [0, 0.1) is 5.92 Å². The molecule has 0 saturated carbocycles. The first-order valence-electron chi connectivity index (χ1n) is 5.28. The summed E-state index contributed by atoms with van der Waals surface area (Å²) in [6.45, 7) is -0.977. The molecule has 0 radical (unpaired) electrons. The summed E-state index contributed by atoms with van der Waals surface area (Å²) in [6, 6.07) is 0. The van der Waals surface area contributed by atoms with E-state index in [1.807, 2.05) is 0 Å². The molecule has 19 heavy (non-hydrogen) atoms. The van der Waals surface area contributed by atoms with Crippen LogP contribution in [0.2, 0.25) is 0 Å². The molecule has 0 aliphatic carbocycles. The van der Waals surface area contributed by atoms with Gasteiger partial charge in [-0.3, -0.25) is 9.09 Å². The van der Waals surface area contributed by atoms with Crippen LogP contribution in [-0.2, 0) is 35.0 Å². The average molecular weight is 332 g/mol. The Labute approximate surface area is 116 Å². The normalized spacial score (nSPS) is 34.3. The second-order valence-electron chi connectivity index (χ2n) is 3.84. The number of carbonyl (C=O) groups is 1. The molecular formula is C8H14O8P2S. The molecule has 1 fully saturated rings. The summed E-state index contributed by atoms with van der Waals surface area (Å²) in [5, 5.41) is 19.0. The van der Waals surface area contributed by atoms with Crippen molar-refractivity contribution in [2.45, 2.75) is 18.5 Å². The molecule has 3 N–H and O–H groups in total. The van der Waals surface area contributed by atoms with Gasteiger partial charge in [-0.2, -0.15) is 0 Å². The van der Waals surface area contributed by atoms with Crippen LogP contribution in [-0.4, -0.2) is 59.3 Å². The third-order valence-electron chi connectivity index (χ3n) is 2.62. The number of aldehydes is 1. The lowest BCUT2D eigenvalue weighted by molar-refractivity contribution is -0.109. The van der Waals surface area contributed by atoms with Crippen LogP contribution in [0.4, 0.5) is 0 Å². The lowest BCUT2D eigenvalue weighted by atomic mass is 10.0. The zero-order valence-electron chi connectivity index (χ0n) is 9.69. The molecule has 0 spiro atoms. The van der Waals surface area contributed by atoms with Gasteiger partial charge in [0.05, 0.1) is 18.9 Å². The van der Waals surface area contributed by atoms with E-state index in [-0.39, 0.29) is 7.58 Å². The van der Waals surface area contributed by atoms with Gasteiger partial charge in [-0.1, -0.05) is 0 Å². The van der Waals surface area contributed by atoms with Gasteiger partial charge in [0.1, 0.15) is 26.6 Å². The molecule has 1 rings (SSSR count). The van der Waals surface area contributed by atoms with Gasteiger partial charge in [-0.15, -0.1) is 0 Å². The molecule has 1 heterocycles. The van der Waals surface area contributed by atoms with Crippen LogP contribution in [0.5, 0.6) is 0 Å². The molecule has 0 aromatic heterocycles. The molecule has 110 valence electrons. The summed E-state index contributed by atoms with van der Waals surface area (Å²) in [7, 11) is -3.95. The van der Waals surface area contributed by atoms with Gasteiger partial charge in [-0.05, 0) is 11.8 Å². The van der Waals surface area contributed by atoms with Crippen LogP contribution in [0.3, 0.4) is 0 Å². The number of hydrogen-bond acceptors (Lipinski definition) is 8. The van der Waals surface area contributed by atoms with E-state index in [4.69, 9.17) is 14.4 Å². The Hall–Kier alpha value is 0.180. The Bertz CT molecular complexity index is 367. The predicted molar refractivity (Wildman–Crippen MR) is 67.3 cm³/mol. The number of aliphatic hydroxyl groups is 2. The molecule has 8 nitrogen and oxygen atoms in total. The second-order valence-corrected chi connectivity index (χ2v) is 6.55. The second kappa shape index (κ2) is 7.83. The van der Waals surface area contributed by atoms with E-state index in [0.717, 1.165) is 0 Å². The van der Waals surface area contributed by atoms with E-state index in [1.54, 1.807) is 0 Å². The Morgan fingerprint density at radius 3 is 2.74 bits per heavy atom. The summed E-state index contributed by atoms with van der Waals surface area (Å²) in [5.74, 6) is -0.853. The molecule has 0 aromatic carbocycles. The van der Waals surface area contributed by atoms with Crippen molar-refractivity contribution in [3.05, 3.63) is 0 Å². The highest BCUT2D eigenvalue weighted by Crippen LogP contribution is 2.47. The number of aliphatic hydroxyl groups excluding tert-OH is 2. The minimum absolute atomic E-state index is 0.106. The molecule has 5 atom stereocenters. The molecule has 0 aromatic rings. The molecule has 11 heteroatoms. The first-order valence-corrected chi connectivity index (χ1v) is 8.87. The van der Waals surface area contributed by atoms with Gasteiger partial charge < -0.3 is 29.2 Å². The fourth-order valence-corrected chi connectivity index (χ4v) is 3.67. The van der Waals surface area contributed by atoms with Crippen LogP contribution < -0.4 is 0 Å². The predicted octanol–water partition coefficient (Wildman–Crippen LogP) is -0.579. The summed E-state index contributed by atoms with van der Waals surface area (Å²) in [6.07, 6.45) is -3.26. The Balaban J connectivity index is 2.71. The van der Waals surface area contributed by atoms with Gasteiger partial charge in [0.15, 0.2) is 6.29 Å². The smallest absolute Gasteiger partial charge is 0.329 e. The van der Waals surface area contributed by atoms with Crippen molar-refractivity contribution < 1.29 is 38.3 Å². The zero-order chi connectivity index (χ0) is 14.5. The Morgan fingerprint density at radius 2 is 2.21 bits per heavy atom. The highest BCUT2D eigenvalue weighted by molar-refractivity contribution is 7.94. The van der Waals surface area contributed by atoms with Crippen LogP contribution in [0.25, 0.3) is 0 Å². The van der Waals surface area contributed by atoms with E-state index in [0.29, 0.717) is 6.29 Å². The number of carbonyl (C=O) groups excluding carboxylic acids is 1. The molecular weight excluding hydrogens is 318 g/mol. The fraction of sp³-hybridized carbons (Fsp3) is 0.875. The summed E-state index contributed by atoms with van der Waals surface area (Å²) in [5.41, 5.74) is 0. The van der Waals surface area contributed by atoms with Gasteiger partial charge >= 0.3 is 7.60 Å². The largest absolute Gasteiger partial charge is 0.394 e. The molecule has 1 aliphatic heterocycles. The lowest BCUT2D eigenvalue weighted by Gasteiger charge is -2.20. The summed E-state index contributed by atoms with van der Waals surface area (Å²) >= 11 is 4.55. The molecule has 5 unspecified atom stereocenters. The maximum atomic E-state index is 11.7. The maximum absolute atomic E-state index is 11.7. The van der Waals surface area contributed by atoms with Crippen molar-refractivity contribution in [1.82, 2.24) is 0 Å². The molecule has 1 aliphatic rings. The van der Waals surface area contributed by atoms with Crippen molar-refractivity contribution in [3.8, 4) is 0 Å². The monoisotopic (exact) mass is 332 g/mol. The van der Waals surface area contributed by atoms with E-state index < -0.39 is 51.4 Å². The zero-order valence-corrected chi connectivity index (χ0v) is 12.3. The van der Waals surface area contributed by atoms with Gasteiger partial charge in [0, 0.05) is 5.92 Å². The van der Waals surface area contributed by atoms with Gasteiger partial charge in [0.2, 0.25) is 0 Å². The Morgan fingerprint density at radius 1 is 1.53 bits per heavy atom. The summed E-state index contributed by atoms with van der Waals surface area (Å²) < 4.78 is 26.3. The van der Waals surface area contributed by atoms with Crippen molar-refractivity contribution in [2.75, 3.05) is 19.4 Å². The number of hydrogen-bond donors (Lipinski definition) is 3. The first-order chi connectivity index (χ1) is 8.95. The van der Waals surface area contributed by atoms with Crippen molar-refractivity contribution in [2.24, 2.45) is 5.92 Å². The SMILES string of the molecule is O=CCOP(=O)(O)CC1C(CO)OC(OP=S)C1O. The Kier molecular flexibility index (Phi) is 7.10. The minimum atomic E-state index is -4.06. The van der Waals surface area contributed by atoms with E-state index >= 15 is 0 Å². The van der Waals surface area contributed by atoms with E-state index in [1.165, 1.54) is 0 Å². The maximum Gasteiger partial charge on any atom is 0.329 e. The van der Waals surface area contributed by atoms with Gasteiger partial charge in [-0.25, -0.2) is 0 Å². The van der Waals surface area contributed by atoms with Crippen molar-refractivity contribution in [1.29, 1.82) is 0 Å². The average Bonchev–Trinajstić information content (AvgIpc) is 2.65. The lowest BCUT2D eigenvalue weighted by Crippen LogP contribution is -2.32. The van der Waals surface area contributed by atoms with Gasteiger partial charge in [0.25, 0.3) is 0 Å².